The first-order valence-electron chi connectivity index (χ1n) is 7.40. The van der Waals surface area contributed by atoms with E-state index < -0.39 is 0 Å². The van der Waals surface area contributed by atoms with Crippen LogP contribution in [0.25, 0.3) is 0 Å². The van der Waals surface area contributed by atoms with Crippen LogP contribution in [0.15, 0.2) is 29.3 Å². The van der Waals surface area contributed by atoms with Gasteiger partial charge in [-0.25, -0.2) is 4.99 Å². The first-order valence-corrected chi connectivity index (χ1v) is 7.40. The van der Waals surface area contributed by atoms with Crippen molar-refractivity contribution in [2.24, 2.45) is 16.6 Å². The molecule has 0 bridgehead atoms. The standard InChI is InChI=1S/C16H25N3O/c1-13-7-10-19(11-8-13)16(17)18-9-12-20-15-6-4-3-5-14(15)2/h3-6,13H,7-12H2,1-2H3,(H2,17,18). The SMILES string of the molecule is Cc1ccccc1OCCN=C(N)N1CCC(C)CC1. The van der Waals surface area contributed by atoms with E-state index in [-0.39, 0.29) is 0 Å². The summed E-state index contributed by atoms with van der Waals surface area (Å²) in [6, 6.07) is 8.01. The van der Waals surface area contributed by atoms with Gasteiger partial charge in [0.05, 0.1) is 6.54 Å². The van der Waals surface area contributed by atoms with Crippen molar-refractivity contribution in [3.05, 3.63) is 29.8 Å². The number of aliphatic imine (C=N–C) groups is 1. The normalized spacial score (nSPS) is 17.3. The molecule has 4 heteroatoms. The molecule has 2 rings (SSSR count). The van der Waals surface area contributed by atoms with Crippen LogP contribution >= 0.6 is 0 Å². The van der Waals surface area contributed by atoms with Gasteiger partial charge in [0.1, 0.15) is 12.4 Å². The molecular weight excluding hydrogens is 250 g/mol. The van der Waals surface area contributed by atoms with Gasteiger partial charge in [0.15, 0.2) is 5.96 Å². The number of guanidine groups is 1. The number of hydrogen-bond donors (Lipinski definition) is 1. The molecule has 2 N–H and O–H groups in total. The first-order chi connectivity index (χ1) is 9.66. The molecule has 0 aliphatic carbocycles. The molecule has 1 heterocycles. The highest BCUT2D eigenvalue weighted by atomic mass is 16.5. The van der Waals surface area contributed by atoms with E-state index in [1.807, 2.05) is 31.2 Å². The van der Waals surface area contributed by atoms with Crippen molar-refractivity contribution in [3.8, 4) is 5.75 Å². The van der Waals surface area contributed by atoms with Crippen molar-refractivity contribution < 1.29 is 4.74 Å². The summed E-state index contributed by atoms with van der Waals surface area (Å²) in [6.07, 6.45) is 2.41. The fourth-order valence-corrected chi connectivity index (χ4v) is 2.37. The summed E-state index contributed by atoms with van der Waals surface area (Å²) in [5, 5.41) is 0. The van der Waals surface area contributed by atoms with E-state index in [1.165, 1.54) is 12.8 Å². The second-order valence-electron chi connectivity index (χ2n) is 5.52. The lowest BCUT2D eigenvalue weighted by molar-refractivity contribution is 0.276. The summed E-state index contributed by atoms with van der Waals surface area (Å²) in [7, 11) is 0. The molecule has 1 aliphatic rings. The van der Waals surface area contributed by atoms with Gasteiger partial charge in [0.2, 0.25) is 0 Å². The van der Waals surface area contributed by atoms with E-state index in [0.29, 0.717) is 19.1 Å². The lowest BCUT2D eigenvalue weighted by atomic mass is 10.00. The highest BCUT2D eigenvalue weighted by molar-refractivity contribution is 5.78. The minimum absolute atomic E-state index is 0.565. The lowest BCUT2D eigenvalue weighted by Gasteiger charge is -2.31. The van der Waals surface area contributed by atoms with Crippen molar-refractivity contribution in [3.63, 3.8) is 0 Å². The molecule has 0 spiro atoms. The minimum atomic E-state index is 0.565. The maximum atomic E-state index is 6.02. The van der Waals surface area contributed by atoms with Gasteiger partial charge in [-0.1, -0.05) is 25.1 Å². The number of nitrogens with zero attached hydrogens (tertiary/aromatic N) is 2. The average Bonchev–Trinajstić information content (AvgIpc) is 2.46. The van der Waals surface area contributed by atoms with Crippen molar-refractivity contribution in [2.45, 2.75) is 26.7 Å². The summed E-state index contributed by atoms with van der Waals surface area (Å²) in [6.45, 7) is 7.55. The van der Waals surface area contributed by atoms with Crippen molar-refractivity contribution in [1.82, 2.24) is 4.90 Å². The molecule has 1 aliphatic heterocycles. The summed E-state index contributed by atoms with van der Waals surface area (Å²) >= 11 is 0. The lowest BCUT2D eigenvalue weighted by Crippen LogP contribution is -2.42. The molecule has 1 saturated heterocycles. The Morgan fingerprint density at radius 2 is 2.05 bits per heavy atom. The van der Waals surface area contributed by atoms with Gasteiger partial charge in [-0.15, -0.1) is 0 Å². The number of rotatable bonds is 4. The molecule has 0 aromatic heterocycles. The van der Waals surface area contributed by atoms with Gasteiger partial charge in [-0.05, 0) is 37.3 Å². The third kappa shape index (κ3) is 4.15. The number of para-hydroxylation sites is 1. The van der Waals surface area contributed by atoms with Gasteiger partial charge in [0, 0.05) is 13.1 Å². The largest absolute Gasteiger partial charge is 0.491 e. The number of hydrogen-bond acceptors (Lipinski definition) is 2. The molecular formula is C16H25N3O. The topological polar surface area (TPSA) is 50.9 Å². The Morgan fingerprint density at radius 1 is 1.35 bits per heavy atom. The van der Waals surface area contributed by atoms with Crippen molar-refractivity contribution in [1.29, 1.82) is 0 Å². The number of nitrogens with two attached hydrogens (primary N) is 1. The summed E-state index contributed by atoms with van der Waals surface area (Å²) in [4.78, 5) is 6.59. The predicted octanol–water partition coefficient (Wildman–Crippen LogP) is 2.42. The molecule has 1 aromatic rings. The molecule has 0 atom stereocenters. The number of piperidine rings is 1. The smallest absolute Gasteiger partial charge is 0.191 e. The van der Waals surface area contributed by atoms with Gasteiger partial charge in [0.25, 0.3) is 0 Å². The summed E-state index contributed by atoms with van der Waals surface area (Å²) in [5.41, 5.74) is 7.17. The summed E-state index contributed by atoms with van der Waals surface area (Å²) < 4.78 is 5.71. The minimum Gasteiger partial charge on any atom is -0.491 e. The average molecular weight is 275 g/mol. The molecule has 110 valence electrons. The third-order valence-corrected chi connectivity index (χ3v) is 3.82. The Balaban J connectivity index is 1.74. The molecule has 0 saturated carbocycles. The van der Waals surface area contributed by atoms with Crippen molar-refractivity contribution in [2.75, 3.05) is 26.2 Å². The Morgan fingerprint density at radius 3 is 2.75 bits per heavy atom. The zero-order valence-electron chi connectivity index (χ0n) is 12.5. The van der Waals surface area contributed by atoms with Gasteiger partial charge in [-0.2, -0.15) is 0 Å². The molecule has 0 unspecified atom stereocenters. The van der Waals surface area contributed by atoms with E-state index in [0.717, 1.165) is 30.3 Å². The van der Waals surface area contributed by atoms with Crippen LogP contribution in [-0.2, 0) is 0 Å². The van der Waals surface area contributed by atoms with Crippen LogP contribution in [0.1, 0.15) is 25.3 Å². The molecule has 4 nitrogen and oxygen atoms in total. The third-order valence-electron chi connectivity index (χ3n) is 3.82. The monoisotopic (exact) mass is 275 g/mol. The fraction of sp³-hybridized carbons (Fsp3) is 0.562. The van der Waals surface area contributed by atoms with Crippen molar-refractivity contribution >= 4 is 5.96 Å². The van der Waals surface area contributed by atoms with Crippen LogP contribution in [0, 0.1) is 12.8 Å². The molecule has 20 heavy (non-hydrogen) atoms. The van der Waals surface area contributed by atoms with E-state index >= 15 is 0 Å². The summed E-state index contributed by atoms with van der Waals surface area (Å²) in [5.74, 6) is 2.39. The second kappa shape index (κ2) is 7.17. The quantitative estimate of drug-likeness (QED) is 0.521. The van der Waals surface area contributed by atoms with Crippen LogP contribution in [0.3, 0.4) is 0 Å². The zero-order chi connectivity index (χ0) is 14.4. The molecule has 0 radical (unpaired) electrons. The Kier molecular flexibility index (Phi) is 5.27. The maximum absolute atomic E-state index is 6.02. The van der Waals surface area contributed by atoms with E-state index in [2.05, 4.69) is 16.8 Å². The van der Waals surface area contributed by atoms with Crippen LogP contribution in [0.4, 0.5) is 0 Å². The molecule has 0 amide bonds. The van der Waals surface area contributed by atoms with Crippen LogP contribution < -0.4 is 10.5 Å². The molecule has 1 aromatic carbocycles. The van der Waals surface area contributed by atoms with E-state index in [4.69, 9.17) is 10.5 Å². The van der Waals surface area contributed by atoms with Gasteiger partial charge < -0.3 is 15.4 Å². The van der Waals surface area contributed by atoms with Crippen LogP contribution in [-0.4, -0.2) is 37.1 Å². The van der Waals surface area contributed by atoms with E-state index in [9.17, 15) is 0 Å². The van der Waals surface area contributed by atoms with Gasteiger partial charge >= 0.3 is 0 Å². The highest BCUT2D eigenvalue weighted by Gasteiger charge is 2.16. The Labute approximate surface area is 121 Å². The first kappa shape index (κ1) is 14.7. The number of likely N-dealkylation sites (tertiary alicyclic amines) is 1. The second-order valence-corrected chi connectivity index (χ2v) is 5.52. The Hall–Kier alpha value is -1.71. The Bertz CT molecular complexity index is 451. The molecule has 1 fully saturated rings. The predicted molar refractivity (Wildman–Crippen MR) is 83.1 cm³/mol. The van der Waals surface area contributed by atoms with Gasteiger partial charge in [-0.3, -0.25) is 0 Å². The number of ether oxygens (including phenoxy) is 1. The van der Waals surface area contributed by atoms with Crippen LogP contribution in [0.5, 0.6) is 5.75 Å². The number of benzene rings is 1. The maximum Gasteiger partial charge on any atom is 0.191 e. The zero-order valence-corrected chi connectivity index (χ0v) is 12.5. The fourth-order valence-electron chi connectivity index (χ4n) is 2.37. The van der Waals surface area contributed by atoms with Crippen LogP contribution in [0.2, 0.25) is 0 Å². The van der Waals surface area contributed by atoms with E-state index in [1.54, 1.807) is 0 Å². The number of aryl methyl sites for hydroxylation is 1. The highest BCUT2D eigenvalue weighted by Crippen LogP contribution is 2.16.